The van der Waals surface area contributed by atoms with Crippen LogP contribution in [0, 0.1) is 6.92 Å². The summed E-state index contributed by atoms with van der Waals surface area (Å²) in [6.07, 6.45) is 1.52. The Morgan fingerprint density at radius 2 is 1.89 bits per heavy atom. The van der Waals surface area contributed by atoms with Crippen LogP contribution in [0.2, 0.25) is 0 Å². The van der Waals surface area contributed by atoms with E-state index in [2.05, 4.69) is 5.32 Å². The smallest absolute Gasteiger partial charge is 0.337 e. The van der Waals surface area contributed by atoms with Crippen LogP contribution >= 0.6 is 11.8 Å². The number of furan rings is 1. The molecule has 1 aromatic heterocycles. The fourth-order valence-corrected chi connectivity index (χ4v) is 3.45. The van der Waals surface area contributed by atoms with Crippen molar-refractivity contribution in [2.24, 2.45) is 0 Å². The number of carbonyl (C=O) groups excluding carboxylic acids is 2. The summed E-state index contributed by atoms with van der Waals surface area (Å²) in [5.41, 5.74) is 2.64. The number of carbonyl (C=O) groups is 2. The first-order valence-electron chi connectivity index (χ1n) is 8.33. The lowest BCUT2D eigenvalue weighted by molar-refractivity contribution is 0.0600. The number of rotatable bonds is 6. The van der Waals surface area contributed by atoms with Gasteiger partial charge in [0.05, 0.1) is 18.9 Å². The van der Waals surface area contributed by atoms with Gasteiger partial charge >= 0.3 is 5.97 Å². The molecule has 0 unspecified atom stereocenters. The van der Waals surface area contributed by atoms with Gasteiger partial charge in [-0.15, -0.1) is 11.8 Å². The number of aryl methyl sites for hydroxylation is 1. The number of nitrogens with one attached hydrogen (secondary N) is 1. The fraction of sp³-hybridized carbons (Fsp3) is 0.143. The van der Waals surface area contributed by atoms with Gasteiger partial charge in [0.2, 0.25) is 0 Å². The van der Waals surface area contributed by atoms with Crippen LogP contribution in [0.15, 0.2) is 70.2 Å². The molecule has 27 heavy (non-hydrogen) atoms. The summed E-state index contributed by atoms with van der Waals surface area (Å²) in [6.45, 7) is 1.82. The molecule has 0 aliphatic rings. The number of esters is 1. The molecule has 1 amide bonds. The zero-order valence-electron chi connectivity index (χ0n) is 15.0. The molecule has 5 nitrogen and oxygen atoms in total. The largest absolute Gasteiger partial charge is 0.465 e. The molecule has 138 valence electrons. The van der Waals surface area contributed by atoms with E-state index in [1.807, 2.05) is 37.3 Å². The lowest BCUT2D eigenvalue weighted by atomic mass is 10.1. The maximum atomic E-state index is 12.6. The second-order valence-corrected chi connectivity index (χ2v) is 6.90. The molecule has 0 aliphatic heterocycles. The topological polar surface area (TPSA) is 68.5 Å². The Hall–Kier alpha value is -2.99. The molecule has 0 fully saturated rings. The molecular weight excluding hydrogens is 362 g/mol. The molecule has 0 aliphatic carbocycles. The van der Waals surface area contributed by atoms with Crippen LogP contribution in [-0.2, 0) is 10.5 Å². The van der Waals surface area contributed by atoms with Gasteiger partial charge in [-0.1, -0.05) is 18.2 Å². The molecule has 3 rings (SSSR count). The minimum Gasteiger partial charge on any atom is -0.465 e. The normalized spacial score (nSPS) is 10.4. The molecule has 2 aromatic carbocycles. The molecule has 0 atom stereocenters. The molecule has 0 spiro atoms. The zero-order valence-corrected chi connectivity index (χ0v) is 15.8. The number of benzene rings is 2. The van der Waals surface area contributed by atoms with E-state index in [0.29, 0.717) is 17.0 Å². The lowest BCUT2D eigenvalue weighted by Gasteiger charge is -2.09. The second kappa shape index (κ2) is 8.60. The molecule has 1 N–H and O–H groups in total. The van der Waals surface area contributed by atoms with Crippen molar-refractivity contribution in [1.29, 1.82) is 0 Å². The number of amides is 1. The SMILES string of the molecule is COC(=O)c1ccc(NC(=O)c2occc2CSc2ccccc2)c(C)c1. The summed E-state index contributed by atoms with van der Waals surface area (Å²) in [7, 11) is 1.33. The number of anilines is 1. The lowest BCUT2D eigenvalue weighted by Crippen LogP contribution is -2.14. The predicted molar refractivity (Wildman–Crippen MR) is 105 cm³/mol. The Balaban J connectivity index is 1.70. The molecule has 0 radical (unpaired) electrons. The van der Waals surface area contributed by atoms with E-state index in [1.165, 1.54) is 13.4 Å². The van der Waals surface area contributed by atoms with Crippen LogP contribution in [0.5, 0.6) is 0 Å². The van der Waals surface area contributed by atoms with Gasteiger partial charge in [0.25, 0.3) is 5.91 Å². The fourth-order valence-electron chi connectivity index (χ4n) is 2.55. The number of methoxy groups -OCH3 is 1. The van der Waals surface area contributed by atoms with E-state index in [-0.39, 0.29) is 11.7 Å². The van der Waals surface area contributed by atoms with E-state index < -0.39 is 5.97 Å². The summed E-state index contributed by atoms with van der Waals surface area (Å²) in [4.78, 5) is 25.3. The molecule has 0 saturated heterocycles. The Bertz CT molecular complexity index is 950. The van der Waals surface area contributed by atoms with Gasteiger partial charge in [-0.2, -0.15) is 0 Å². The van der Waals surface area contributed by atoms with Crippen molar-refractivity contribution in [3.05, 3.63) is 83.3 Å². The van der Waals surface area contributed by atoms with Crippen LogP contribution in [0.1, 0.15) is 32.0 Å². The molecule has 0 saturated carbocycles. The maximum Gasteiger partial charge on any atom is 0.337 e. The standard InChI is InChI=1S/C21H19NO4S/c1-14-12-15(21(24)25-2)8-9-18(14)22-20(23)19-16(10-11-26-19)13-27-17-6-4-3-5-7-17/h3-12H,13H2,1-2H3,(H,22,23). The van der Waals surface area contributed by atoms with E-state index in [0.717, 1.165) is 16.0 Å². The molecular formula is C21H19NO4S. The average molecular weight is 381 g/mol. The summed E-state index contributed by atoms with van der Waals surface area (Å²) >= 11 is 1.64. The zero-order chi connectivity index (χ0) is 19.2. The molecule has 1 heterocycles. The van der Waals surface area contributed by atoms with Gasteiger partial charge in [0, 0.05) is 21.9 Å². The Morgan fingerprint density at radius 1 is 1.11 bits per heavy atom. The second-order valence-electron chi connectivity index (χ2n) is 5.85. The molecule has 6 heteroatoms. The van der Waals surface area contributed by atoms with Crippen molar-refractivity contribution in [3.63, 3.8) is 0 Å². The van der Waals surface area contributed by atoms with E-state index in [4.69, 9.17) is 9.15 Å². The van der Waals surface area contributed by atoms with Crippen LogP contribution in [0.3, 0.4) is 0 Å². The summed E-state index contributed by atoms with van der Waals surface area (Å²) in [6, 6.07) is 16.7. The average Bonchev–Trinajstić information content (AvgIpc) is 3.17. The van der Waals surface area contributed by atoms with Gasteiger partial charge in [-0.25, -0.2) is 4.79 Å². The quantitative estimate of drug-likeness (QED) is 0.485. The minimum atomic E-state index is -0.415. The molecule has 3 aromatic rings. The number of ether oxygens (including phenoxy) is 1. The van der Waals surface area contributed by atoms with Crippen molar-refractivity contribution in [3.8, 4) is 0 Å². The highest BCUT2D eigenvalue weighted by atomic mass is 32.2. The van der Waals surface area contributed by atoms with Gasteiger partial charge in [0.15, 0.2) is 5.76 Å². The maximum absolute atomic E-state index is 12.6. The number of thioether (sulfide) groups is 1. The first-order valence-corrected chi connectivity index (χ1v) is 9.31. The van der Waals surface area contributed by atoms with Crippen molar-refractivity contribution >= 4 is 29.3 Å². The van der Waals surface area contributed by atoms with Gasteiger partial charge in [-0.05, 0) is 48.9 Å². The Morgan fingerprint density at radius 3 is 2.59 bits per heavy atom. The van der Waals surface area contributed by atoms with Gasteiger partial charge in [0.1, 0.15) is 0 Å². The first-order chi connectivity index (χ1) is 13.1. The van der Waals surface area contributed by atoms with Crippen molar-refractivity contribution < 1.29 is 18.7 Å². The third kappa shape index (κ3) is 4.60. The van der Waals surface area contributed by atoms with Crippen LogP contribution in [-0.4, -0.2) is 19.0 Å². The highest BCUT2D eigenvalue weighted by molar-refractivity contribution is 7.98. The Kier molecular flexibility index (Phi) is 5.98. The van der Waals surface area contributed by atoms with Crippen LogP contribution in [0.25, 0.3) is 0 Å². The predicted octanol–water partition coefficient (Wildman–Crippen LogP) is 4.92. The highest BCUT2D eigenvalue weighted by Crippen LogP contribution is 2.26. The van der Waals surface area contributed by atoms with Crippen molar-refractivity contribution in [2.45, 2.75) is 17.6 Å². The third-order valence-electron chi connectivity index (χ3n) is 3.99. The van der Waals surface area contributed by atoms with Gasteiger partial charge < -0.3 is 14.5 Å². The van der Waals surface area contributed by atoms with Crippen molar-refractivity contribution in [2.75, 3.05) is 12.4 Å². The third-order valence-corrected chi connectivity index (χ3v) is 5.05. The number of hydrogen-bond acceptors (Lipinski definition) is 5. The number of hydrogen-bond donors (Lipinski definition) is 1. The molecule has 0 bridgehead atoms. The Labute approximate surface area is 161 Å². The highest BCUT2D eigenvalue weighted by Gasteiger charge is 2.17. The van der Waals surface area contributed by atoms with Crippen LogP contribution in [0.4, 0.5) is 5.69 Å². The van der Waals surface area contributed by atoms with E-state index in [9.17, 15) is 9.59 Å². The van der Waals surface area contributed by atoms with Crippen molar-refractivity contribution in [1.82, 2.24) is 0 Å². The summed E-state index contributed by atoms with van der Waals surface area (Å²) in [5, 5.41) is 2.84. The first kappa shape index (κ1) is 18.8. The summed E-state index contributed by atoms with van der Waals surface area (Å²) < 4.78 is 10.1. The van der Waals surface area contributed by atoms with E-state index in [1.54, 1.807) is 36.0 Å². The van der Waals surface area contributed by atoms with E-state index >= 15 is 0 Å². The summed E-state index contributed by atoms with van der Waals surface area (Å²) in [5.74, 6) is 0.179. The minimum absolute atomic E-state index is 0.287. The monoisotopic (exact) mass is 381 g/mol. The van der Waals surface area contributed by atoms with Crippen LogP contribution < -0.4 is 5.32 Å². The van der Waals surface area contributed by atoms with Gasteiger partial charge in [-0.3, -0.25) is 4.79 Å².